The first-order chi connectivity index (χ1) is 9.22. The van der Waals surface area contributed by atoms with Gasteiger partial charge in [-0.2, -0.15) is 5.10 Å². The molecule has 0 saturated carbocycles. The van der Waals surface area contributed by atoms with Gasteiger partial charge in [0.05, 0.1) is 23.0 Å². The molecule has 1 atom stereocenters. The van der Waals surface area contributed by atoms with Gasteiger partial charge in [-0.25, -0.2) is 0 Å². The van der Waals surface area contributed by atoms with E-state index >= 15 is 0 Å². The lowest BCUT2D eigenvalue weighted by molar-refractivity contribution is 0.610. The molecule has 1 aromatic carbocycles. The summed E-state index contributed by atoms with van der Waals surface area (Å²) < 4.78 is 3.12. The summed E-state index contributed by atoms with van der Waals surface area (Å²) in [5.41, 5.74) is 2.24. The van der Waals surface area contributed by atoms with Gasteiger partial charge in [0.2, 0.25) is 0 Å². The highest BCUT2D eigenvalue weighted by atomic mass is 35.5. The SMILES string of the molecule is CNC(c1csc2ccccc12)c1c(Cl)cnn1C. The van der Waals surface area contributed by atoms with E-state index in [-0.39, 0.29) is 6.04 Å². The van der Waals surface area contributed by atoms with Crippen molar-refractivity contribution in [2.75, 3.05) is 7.05 Å². The molecular formula is C14H14ClN3S. The van der Waals surface area contributed by atoms with Crippen molar-refractivity contribution in [3.63, 3.8) is 0 Å². The van der Waals surface area contributed by atoms with Crippen molar-refractivity contribution in [1.82, 2.24) is 15.1 Å². The van der Waals surface area contributed by atoms with Gasteiger partial charge in [-0.15, -0.1) is 11.3 Å². The predicted octanol–water partition coefficient (Wildman–Crippen LogP) is 3.60. The smallest absolute Gasteiger partial charge is 0.0837 e. The van der Waals surface area contributed by atoms with Gasteiger partial charge in [0.15, 0.2) is 0 Å². The summed E-state index contributed by atoms with van der Waals surface area (Å²) in [6.07, 6.45) is 1.69. The van der Waals surface area contributed by atoms with E-state index < -0.39 is 0 Å². The van der Waals surface area contributed by atoms with E-state index in [0.29, 0.717) is 5.02 Å². The van der Waals surface area contributed by atoms with E-state index in [0.717, 1.165) is 5.69 Å². The van der Waals surface area contributed by atoms with Gasteiger partial charge < -0.3 is 5.32 Å². The van der Waals surface area contributed by atoms with Gasteiger partial charge >= 0.3 is 0 Å². The molecule has 0 fully saturated rings. The average Bonchev–Trinajstić information content (AvgIpc) is 2.98. The highest BCUT2D eigenvalue weighted by Gasteiger charge is 2.22. The fourth-order valence-corrected chi connectivity index (χ4v) is 3.67. The van der Waals surface area contributed by atoms with E-state index in [4.69, 9.17) is 11.6 Å². The number of nitrogens with one attached hydrogen (secondary N) is 1. The van der Waals surface area contributed by atoms with Gasteiger partial charge in [0.25, 0.3) is 0 Å². The van der Waals surface area contributed by atoms with E-state index in [2.05, 4.69) is 40.1 Å². The second-order valence-corrected chi connectivity index (χ2v) is 5.73. The minimum atomic E-state index is 0.0520. The number of fused-ring (bicyclic) bond motifs is 1. The fraction of sp³-hybridized carbons (Fsp3) is 0.214. The summed E-state index contributed by atoms with van der Waals surface area (Å²) in [6, 6.07) is 8.47. The Kier molecular flexibility index (Phi) is 3.31. The van der Waals surface area contributed by atoms with Gasteiger partial charge in [0.1, 0.15) is 0 Å². The monoisotopic (exact) mass is 291 g/mol. The zero-order valence-electron chi connectivity index (χ0n) is 10.7. The zero-order chi connectivity index (χ0) is 13.4. The number of rotatable bonds is 3. The maximum Gasteiger partial charge on any atom is 0.0837 e. The number of hydrogen-bond acceptors (Lipinski definition) is 3. The zero-order valence-corrected chi connectivity index (χ0v) is 12.3. The van der Waals surface area contributed by atoms with Crippen LogP contribution in [0.5, 0.6) is 0 Å². The molecule has 5 heteroatoms. The van der Waals surface area contributed by atoms with E-state index in [1.165, 1.54) is 15.6 Å². The Labute approximate surface area is 120 Å². The molecule has 0 saturated heterocycles. The van der Waals surface area contributed by atoms with Crippen molar-refractivity contribution >= 4 is 33.0 Å². The van der Waals surface area contributed by atoms with Crippen LogP contribution in [0.15, 0.2) is 35.8 Å². The quantitative estimate of drug-likeness (QED) is 0.799. The lowest BCUT2D eigenvalue weighted by Crippen LogP contribution is -2.20. The van der Waals surface area contributed by atoms with Crippen molar-refractivity contribution in [3.8, 4) is 0 Å². The van der Waals surface area contributed by atoms with Crippen LogP contribution in [0.2, 0.25) is 5.02 Å². The summed E-state index contributed by atoms with van der Waals surface area (Å²) in [5, 5.41) is 11.7. The Morgan fingerprint density at radius 3 is 2.84 bits per heavy atom. The van der Waals surface area contributed by atoms with Gasteiger partial charge in [-0.3, -0.25) is 4.68 Å². The van der Waals surface area contributed by atoms with Crippen molar-refractivity contribution < 1.29 is 0 Å². The van der Waals surface area contributed by atoms with Gasteiger partial charge in [-0.1, -0.05) is 29.8 Å². The van der Waals surface area contributed by atoms with Crippen LogP contribution >= 0.6 is 22.9 Å². The van der Waals surface area contributed by atoms with Gasteiger partial charge in [0, 0.05) is 11.7 Å². The van der Waals surface area contributed by atoms with E-state index in [1.807, 2.05) is 18.8 Å². The Bertz CT molecular complexity index is 697. The molecule has 0 amide bonds. The standard InChI is InChI=1S/C14H14ClN3S/c1-16-13(14-11(15)7-17-18(14)2)10-8-19-12-6-4-3-5-9(10)12/h3-8,13,16H,1-2H3. The van der Waals surface area contributed by atoms with Crippen LogP contribution in [0, 0.1) is 0 Å². The average molecular weight is 292 g/mol. The number of benzene rings is 1. The van der Waals surface area contributed by atoms with Crippen molar-refractivity contribution in [2.45, 2.75) is 6.04 Å². The first kappa shape index (κ1) is 12.7. The summed E-state index contributed by atoms with van der Waals surface area (Å²) in [7, 11) is 3.86. The third-order valence-electron chi connectivity index (χ3n) is 3.32. The molecule has 1 unspecified atom stereocenters. The molecule has 3 aromatic rings. The summed E-state index contributed by atoms with van der Waals surface area (Å²) in [4.78, 5) is 0. The highest BCUT2D eigenvalue weighted by molar-refractivity contribution is 7.17. The molecule has 0 spiro atoms. The largest absolute Gasteiger partial charge is 0.308 e. The molecule has 98 valence electrons. The predicted molar refractivity (Wildman–Crippen MR) is 80.9 cm³/mol. The Morgan fingerprint density at radius 2 is 2.16 bits per heavy atom. The normalized spacial score (nSPS) is 13.0. The summed E-state index contributed by atoms with van der Waals surface area (Å²) >= 11 is 8.02. The van der Waals surface area contributed by atoms with Crippen LogP contribution in [0.4, 0.5) is 0 Å². The van der Waals surface area contributed by atoms with Crippen LogP contribution in [-0.4, -0.2) is 16.8 Å². The van der Waals surface area contributed by atoms with Crippen molar-refractivity contribution in [3.05, 3.63) is 52.1 Å². The first-order valence-electron chi connectivity index (χ1n) is 6.03. The molecule has 0 bridgehead atoms. The third-order valence-corrected chi connectivity index (χ3v) is 4.59. The summed E-state index contributed by atoms with van der Waals surface area (Å²) in [5.74, 6) is 0. The molecule has 19 heavy (non-hydrogen) atoms. The Balaban J connectivity index is 2.18. The maximum atomic E-state index is 6.27. The minimum Gasteiger partial charge on any atom is -0.308 e. The minimum absolute atomic E-state index is 0.0520. The number of aromatic nitrogens is 2. The Hall–Kier alpha value is -1.36. The number of aryl methyl sites for hydroxylation is 1. The number of hydrogen-bond donors (Lipinski definition) is 1. The van der Waals surface area contributed by atoms with Crippen LogP contribution in [0.1, 0.15) is 17.3 Å². The topological polar surface area (TPSA) is 29.9 Å². The lowest BCUT2D eigenvalue weighted by atomic mass is 10.0. The third kappa shape index (κ3) is 2.06. The van der Waals surface area contributed by atoms with Crippen LogP contribution in [0.3, 0.4) is 0 Å². The Morgan fingerprint density at radius 1 is 1.37 bits per heavy atom. The second kappa shape index (κ2) is 4.96. The number of nitrogens with zero attached hydrogens (tertiary/aromatic N) is 2. The van der Waals surface area contributed by atoms with Crippen molar-refractivity contribution in [1.29, 1.82) is 0 Å². The molecule has 0 radical (unpaired) electrons. The van der Waals surface area contributed by atoms with E-state index in [9.17, 15) is 0 Å². The number of thiophene rings is 1. The molecular weight excluding hydrogens is 278 g/mol. The van der Waals surface area contributed by atoms with Crippen LogP contribution in [-0.2, 0) is 7.05 Å². The summed E-state index contributed by atoms with van der Waals surface area (Å²) in [6.45, 7) is 0. The van der Waals surface area contributed by atoms with Crippen LogP contribution < -0.4 is 5.32 Å². The molecule has 2 aromatic heterocycles. The van der Waals surface area contributed by atoms with Crippen LogP contribution in [0.25, 0.3) is 10.1 Å². The molecule has 1 N–H and O–H groups in total. The highest BCUT2D eigenvalue weighted by Crippen LogP contribution is 2.35. The van der Waals surface area contributed by atoms with Crippen molar-refractivity contribution in [2.24, 2.45) is 7.05 Å². The lowest BCUT2D eigenvalue weighted by Gasteiger charge is -2.17. The van der Waals surface area contributed by atoms with E-state index in [1.54, 1.807) is 17.5 Å². The second-order valence-electron chi connectivity index (χ2n) is 4.41. The molecule has 0 aliphatic carbocycles. The molecule has 0 aliphatic heterocycles. The van der Waals surface area contributed by atoms with Gasteiger partial charge in [-0.05, 0) is 29.4 Å². The first-order valence-corrected chi connectivity index (χ1v) is 7.29. The molecule has 0 aliphatic rings. The molecule has 3 nitrogen and oxygen atoms in total. The molecule has 3 rings (SSSR count). The molecule has 2 heterocycles. The maximum absolute atomic E-state index is 6.27. The fourth-order valence-electron chi connectivity index (χ4n) is 2.41. The number of halogens is 1.